The van der Waals surface area contributed by atoms with Crippen molar-refractivity contribution in [2.24, 2.45) is 0 Å². The number of halogens is 12. The summed E-state index contributed by atoms with van der Waals surface area (Å²) in [6.07, 6.45) is -18.3. The van der Waals surface area contributed by atoms with Crippen molar-refractivity contribution in [2.45, 2.75) is 62.5 Å². The molecule has 1 fully saturated rings. The molecule has 18 heteroatoms. The van der Waals surface area contributed by atoms with E-state index < -0.39 is 70.4 Å². The number of nitrogens with one attached hydrogen (secondary N) is 4. The molecule has 1 aliphatic carbocycles. The molecule has 2 aromatic rings. The molecule has 2 unspecified atom stereocenters. The number of thiocarbonyl (C=S) groups is 2. The van der Waals surface area contributed by atoms with Crippen LogP contribution in [0, 0.1) is 0 Å². The lowest BCUT2D eigenvalue weighted by molar-refractivity contribution is -0.144. The van der Waals surface area contributed by atoms with Gasteiger partial charge in [-0.15, -0.1) is 0 Å². The molecule has 1 saturated carbocycles. The minimum atomic E-state index is -5.08. The van der Waals surface area contributed by atoms with Crippen LogP contribution in [-0.2, 0) is 24.7 Å². The van der Waals surface area contributed by atoms with Gasteiger partial charge in [-0.1, -0.05) is 12.8 Å². The van der Waals surface area contributed by atoms with Gasteiger partial charge < -0.3 is 21.3 Å². The molecule has 0 aliphatic heterocycles. The van der Waals surface area contributed by atoms with Gasteiger partial charge in [0.1, 0.15) is 0 Å². The van der Waals surface area contributed by atoms with Crippen molar-refractivity contribution in [3.8, 4) is 0 Å². The lowest BCUT2D eigenvalue weighted by atomic mass is 9.90. The molecule has 232 valence electrons. The van der Waals surface area contributed by atoms with Gasteiger partial charge >= 0.3 is 24.7 Å². The van der Waals surface area contributed by atoms with E-state index in [2.05, 4.69) is 21.3 Å². The molecule has 0 aromatic heterocycles. The standard InChI is InChI=1S/C24H20F12N4S2/c25-21(26,27)11-5-12(22(28,29)30)8-15(7-11)37-19(41)39-17-3-1-2-4-18(17)40-20(42)38-16-9-13(23(31,32)33)6-14(10-16)24(34,35)36/h5-10,17-18H,1-4H2,(H2,37,39,41)(H2,38,40,42). The Morgan fingerprint density at radius 1 is 0.500 bits per heavy atom. The monoisotopic (exact) mass is 656 g/mol. The lowest BCUT2D eigenvalue weighted by Crippen LogP contribution is -2.54. The van der Waals surface area contributed by atoms with Gasteiger partial charge in [0.05, 0.1) is 22.3 Å². The summed E-state index contributed by atoms with van der Waals surface area (Å²) < 4.78 is 158. The zero-order valence-electron chi connectivity index (χ0n) is 20.8. The number of hydrogen-bond donors (Lipinski definition) is 4. The van der Waals surface area contributed by atoms with Gasteiger partial charge in [0.15, 0.2) is 10.2 Å². The van der Waals surface area contributed by atoms with Crippen LogP contribution in [0.2, 0.25) is 0 Å². The fraction of sp³-hybridized carbons (Fsp3) is 0.417. The van der Waals surface area contributed by atoms with Gasteiger partial charge in [-0.3, -0.25) is 0 Å². The molecule has 3 rings (SSSR count). The van der Waals surface area contributed by atoms with E-state index in [0.717, 1.165) is 0 Å². The summed E-state index contributed by atoms with van der Waals surface area (Å²) in [7, 11) is 0. The second kappa shape index (κ2) is 12.3. The van der Waals surface area contributed by atoms with Gasteiger partial charge in [-0.05, 0) is 73.7 Å². The van der Waals surface area contributed by atoms with E-state index in [9.17, 15) is 52.7 Å². The predicted octanol–water partition coefficient (Wildman–Crippen LogP) is 8.35. The van der Waals surface area contributed by atoms with Crippen LogP contribution in [-0.4, -0.2) is 22.3 Å². The first kappa shape index (κ1) is 33.5. The third-order valence-electron chi connectivity index (χ3n) is 6.09. The van der Waals surface area contributed by atoms with Crippen molar-refractivity contribution in [2.75, 3.05) is 10.6 Å². The zero-order valence-corrected chi connectivity index (χ0v) is 22.4. The highest BCUT2D eigenvalue weighted by molar-refractivity contribution is 7.80. The van der Waals surface area contributed by atoms with Crippen LogP contribution < -0.4 is 21.3 Å². The van der Waals surface area contributed by atoms with Crippen LogP contribution in [0.15, 0.2) is 36.4 Å². The molecule has 4 nitrogen and oxygen atoms in total. The SMILES string of the molecule is FC(F)(F)c1cc(NC(=S)NC2CCCCC2NC(=S)Nc2cc(C(F)(F)F)cc(C(F)(F)F)c2)cc(C(F)(F)F)c1. The van der Waals surface area contributed by atoms with E-state index in [1.807, 2.05) is 0 Å². The van der Waals surface area contributed by atoms with Crippen LogP contribution in [0.1, 0.15) is 47.9 Å². The Kier molecular flexibility index (Phi) is 9.81. The van der Waals surface area contributed by atoms with Crippen molar-refractivity contribution in [3.63, 3.8) is 0 Å². The summed E-state index contributed by atoms with van der Waals surface area (Å²) in [4.78, 5) is 0. The molecule has 0 heterocycles. The molecule has 0 saturated heterocycles. The van der Waals surface area contributed by atoms with E-state index in [4.69, 9.17) is 24.4 Å². The summed E-state index contributed by atoms with van der Waals surface area (Å²) in [5.74, 6) is 0. The van der Waals surface area contributed by atoms with Crippen LogP contribution in [0.4, 0.5) is 64.1 Å². The van der Waals surface area contributed by atoms with Crippen LogP contribution in [0.3, 0.4) is 0 Å². The smallest absolute Gasteiger partial charge is 0.358 e. The van der Waals surface area contributed by atoms with Crippen molar-refractivity contribution < 1.29 is 52.7 Å². The van der Waals surface area contributed by atoms with Gasteiger partial charge in [-0.25, -0.2) is 0 Å². The van der Waals surface area contributed by atoms with Gasteiger partial charge in [0.25, 0.3) is 0 Å². The number of benzene rings is 2. The minimum Gasteiger partial charge on any atom is -0.358 e. The molecule has 42 heavy (non-hydrogen) atoms. The third kappa shape index (κ3) is 9.24. The first-order valence-electron chi connectivity index (χ1n) is 11.9. The van der Waals surface area contributed by atoms with Gasteiger partial charge in [-0.2, -0.15) is 52.7 Å². The molecule has 0 bridgehead atoms. The summed E-state index contributed by atoms with van der Waals surface area (Å²) in [6, 6.07) is 0.480. The zero-order chi connectivity index (χ0) is 31.7. The highest BCUT2D eigenvalue weighted by Gasteiger charge is 2.38. The number of hydrogen-bond acceptors (Lipinski definition) is 2. The maximum absolute atomic E-state index is 13.2. The van der Waals surface area contributed by atoms with Gasteiger partial charge in [0, 0.05) is 23.5 Å². The van der Waals surface area contributed by atoms with Crippen molar-refractivity contribution in [1.82, 2.24) is 10.6 Å². The largest absolute Gasteiger partial charge is 0.416 e. The second-order valence-corrected chi connectivity index (χ2v) is 10.1. The van der Waals surface area contributed by atoms with Crippen molar-refractivity contribution in [1.29, 1.82) is 0 Å². The first-order valence-corrected chi connectivity index (χ1v) is 12.7. The Morgan fingerprint density at radius 3 is 1.00 bits per heavy atom. The fourth-order valence-electron chi connectivity index (χ4n) is 4.20. The number of anilines is 2. The highest BCUT2D eigenvalue weighted by atomic mass is 32.1. The summed E-state index contributed by atoms with van der Waals surface area (Å²) >= 11 is 10.2. The molecule has 0 amide bonds. The Morgan fingerprint density at radius 2 is 0.762 bits per heavy atom. The maximum Gasteiger partial charge on any atom is 0.416 e. The van der Waals surface area contributed by atoms with Crippen LogP contribution in [0.25, 0.3) is 0 Å². The molecular weight excluding hydrogens is 636 g/mol. The fourth-order valence-corrected chi connectivity index (χ4v) is 4.74. The first-order chi connectivity index (χ1) is 19.1. The third-order valence-corrected chi connectivity index (χ3v) is 6.53. The molecule has 2 aromatic carbocycles. The number of alkyl halides is 12. The molecule has 2 atom stereocenters. The quantitative estimate of drug-likeness (QED) is 0.196. The Balaban J connectivity index is 1.73. The van der Waals surface area contributed by atoms with Crippen molar-refractivity contribution in [3.05, 3.63) is 58.7 Å². The topological polar surface area (TPSA) is 48.1 Å². The highest BCUT2D eigenvalue weighted by Crippen LogP contribution is 2.39. The van der Waals surface area contributed by atoms with Crippen molar-refractivity contribution >= 4 is 46.0 Å². The van der Waals surface area contributed by atoms with Gasteiger partial charge in [0.2, 0.25) is 0 Å². The van der Waals surface area contributed by atoms with E-state index in [1.54, 1.807) is 0 Å². The summed E-state index contributed by atoms with van der Waals surface area (Å²) in [5.41, 5.74) is -7.40. The Labute approximate surface area is 241 Å². The average Bonchev–Trinajstić information content (AvgIpc) is 2.82. The maximum atomic E-state index is 13.2. The molecule has 4 N–H and O–H groups in total. The molecule has 1 aliphatic rings. The Hall–Kier alpha value is -3.02. The van der Waals surface area contributed by atoms with E-state index in [-0.39, 0.29) is 22.4 Å². The van der Waals surface area contributed by atoms with E-state index >= 15 is 0 Å². The van der Waals surface area contributed by atoms with E-state index in [0.29, 0.717) is 49.9 Å². The predicted molar refractivity (Wildman–Crippen MR) is 138 cm³/mol. The lowest BCUT2D eigenvalue weighted by Gasteiger charge is -2.34. The average molecular weight is 657 g/mol. The van der Waals surface area contributed by atoms with Crippen LogP contribution in [0.5, 0.6) is 0 Å². The summed E-state index contributed by atoms with van der Waals surface area (Å²) in [6.45, 7) is 0. The number of rotatable bonds is 4. The molecule has 0 radical (unpaired) electrons. The van der Waals surface area contributed by atoms with Crippen LogP contribution >= 0.6 is 24.4 Å². The Bertz CT molecular complexity index is 1140. The minimum absolute atomic E-state index is 0.0429. The molecular formula is C24H20F12N4S2. The van der Waals surface area contributed by atoms with E-state index in [1.165, 1.54) is 0 Å². The summed E-state index contributed by atoms with van der Waals surface area (Å²) in [5, 5.41) is 9.49. The second-order valence-electron chi connectivity index (χ2n) is 9.28. The molecule has 0 spiro atoms. The normalized spacial score (nSPS) is 18.3.